The highest BCUT2D eigenvalue weighted by Crippen LogP contribution is 2.25. The third kappa shape index (κ3) is 4.59. The lowest BCUT2D eigenvalue weighted by atomic mass is 10.1. The van der Waals surface area contributed by atoms with Gasteiger partial charge in [-0.1, -0.05) is 0 Å². The van der Waals surface area contributed by atoms with E-state index < -0.39 is 10.8 Å². The number of nitro groups is 1. The van der Waals surface area contributed by atoms with E-state index in [0.29, 0.717) is 17.1 Å². The van der Waals surface area contributed by atoms with E-state index in [2.05, 4.69) is 10.6 Å². The minimum atomic E-state index is -0.549. The Bertz CT molecular complexity index is 1040. The summed E-state index contributed by atoms with van der Waals surface area (Å²) in [6.07, 6.45) is 1.41. The fraction of sp³-hybridized carbons (Fsp3) is 0.100. The molecule has 148 valence electrons. The summed E-state index contributed by atoms with van der Waals surface area (Å²) in [6.45, 7) is 0. The van der Waals surface area contributed by atoms with Crippen molar-refractivity contribution in [2.24, 2.45) is 0 Å². The molecule has 29 heavy (non-hydrogen) atoms. The van der Waals surface area contributed by atoms with Crippen LogP contribution in [0.3, 0.4) is 0 Å². The molecule has 2 amide bonds. The number of carbonyl (C=O) groups excluding carboxylic acids is 2. The third-order valence-corrected chi connectivity index (χ3v) is 4.06. The second kappa shape index (κ2) is 8.26. The maximum absolute atomic E-state index is 12.7. The lowest BCUT2D eigenvalue weighted by Gasteiger charge is -2.17. The summed E-state index contributed by atoms with van der Waals surface area (Å²) in [5.74, 6) is -0.687. The van der Waals surface area contributed by atoms with Crippen molar-refractivity contribution >= 4 is 34.6 Å². The van der Waals surface area contributed by atoms with Gasteiger partial charge in [-0.2, -0.15) is 0 Å². The molecule has 0 fully saturated rings. The zero-order valence-electron chi connectivity index (χ0n) is 15.7. The zero-order valence-corrected chi connectivity index (χ0v) is 15.7. The number of hydrogen-bond donors (Lipinski definition) is 2. The number of non-ortho nitro benzene ring substituents is 1. The molecule has 0 aliphatic heterocycles. The zero-order chi connectivity index (χ0) is 21.0. The van der Waals surface area contributed by atoms with Gasteiger partial charge in [-0.15, -0.1) is 0 Å². The van der Waals surface area contributed by atoms with Gasteiger partial charge in [0.1, 0.15) is 0 Å². The molecule has 3 aromatic rings. The number of carbonyl (C=O) groups is 2. The van der Waals surface area contributed by atoms with Crippen molar-refractivity contribution < 1.29 is 18.9 Å². The molecular formula is C20H18N4O5. The van der Waals surface area contributed by atoms with Crippen LogP contribution in [0.2, 0.25) is 0 Å². The van der Waals surface area contributed by atoms with E-state index in [9.17, 15) is 19.7 Å². The van der Waals surface area contributed by atoms with Crippen molar-refractivity contribution in [3.8, 4) is 0 Å². The highest BCUT2D eigenvalue weighted by atomic mass is 16.6. The number of nitrogens with zero attached hydrogens (tertiary/aromatic N) is 2. The predicted octanol–water partition coefficient (Wildman–Crippen LogP) is 3.76. The quantitative estimate of drug-likeness (QED) is 0.485. The van der Waals surface area contributed by atoms with Crippen LogP contribution in [-0.4, -0.2) is 30.8 Å². The Hall–Kier alpha value is -4.14. The Morgan fingerprint density at radius 2 is 1.59 bits per heavy atom. The molecule has 0 spiro atoms. The molecule has 0 atom stereocenters. The Balaban J connectivity index is 1.75. The number of anilines is 3. The topological polar surface area (TPSA) is 118 Å². The molecule has 2 aromatic carbocycles. The summed E-state index contributed by atoms with van der Waals surface area (Å²) >= 11 is 0. The fourth-order valence-electron chi connectivity index (χ4n) is 2.65. The Morgan fingerprint density at radius 1 is 0.966 bits per heavy atom. The van der Waals surface area contributed by atoms with Crippen molar-refractivity contribution in [1.29, 1.82) is 0 Å². The first-order valence-corrected chi connectivity index (χ1v) is 8.57. The molecule has 0 aliphatic carbocycles. The number of hydrogen-bond acceptors (Lipinski definition) is 6. The molecular weight excluding hydrogens is 376 g/mol. The van der Waals surface area contributed by atoms with Crippen molar-refractivity contribution in [3.63, 3.8) is 0 Å². The summed E-state index contributed by atoms with van der Waals surface area (Å²) in [5, 5.41) is 16.4. The minimum absolute atomic E-state index is 0.170. The average molecular weight is 394 g/mol. The van der Waals surface area contributed by atoms with Gasteiger partial charge in [0, 0.05) is 43.3 Å². The van der Waals surface area contributed by atoms with Crippen LogP contribution in [0.5, 0.6) is 0 Å². The Labute approximate surface area is 166 Å². The maximum atomic E-state index is 12.7. The molecule has 2 N–H and O–H groups in total. The van der Waals surface area contributed by atoms with E-state index in [-0.39, 0.29) is 22.9 Å². The van der Waals surface area contributed by atoms with Crippen LogP contribution in [0.4, 0.5) is 22.7 Å². The van der Waals surface area contributed by atoms with E-state index in [1.807, 2.05) is 0 Å². The van der Waals surface area contributed by atoms with Gasteiger partial charge in [-0.05, 0) is 42.5 Å². The number of rotatable bonds is 6. The smallest absolute Gasteiger partial charge is 0.291 e. The van der Waals surface area contributed by atoms with E-state index in [1.165, 1.54) is 24.5 Å². The highest BCUT2D eigenvalue weighted by molar-refractivity contribution is 6.08. The van der Waals surface area contributed by atoms with Crippen LogP contribution in [0.15, 0.2) is 65.3 Å². The molecule has 0 unspecified atom stereocenters. The first-order chi connectivity index (χ1) is 13.8. The molecule has 0 saturated heterocycles. The Kier molecular flexibility index (Phi) is 5.59. The first kappa shape index (κ1) is 19.6. The monoisotopic (exact) mass is 394 g/mol. The molecule has 9 heteroatoms. The van der Waals surface area contributed by atoms with Crippen LogP contribution in [0, 0.1) is 10.1 Å². The van der Waals surface area contributed by atoms with Crippen LogP contribution < -0.4 is 15.5 Å². The van der Waals surface area contributed by atoms with Crippen molar-refractivity contribution in [1.82, 2.24) is 0 Å². The fourth-order valence-corrected chi connectivity index (χ4v) is 2.65. The Morgan fingerprint density at radius 3 is 2.10 bits per heavy atom. The van der Waals surface area contributed by atoms with Gasteiger partial charge < -0.3 is 20.0 Å². The largest absolute Gasteiger partial charge is 0.459 e. The molecule has 1 heterocycles. The SMILES string of the molecule is CN(C)c1ccc([N+](=O)[O-])cc1C(=O)Nc1ccc(NC(=O)c2ccco2)cc1. The predicted molar refractivity (Wildman–Crippen MR) is 108 cm³/mol. The number of nitro benzene ring substituents is 1. The van der Waals surface area contributed by atoms with E-state index in [1.54, 1.807) is 55.4 Å². The second-order valence-electron chi connectivity index (χ2n) is 6.32. The second-order valence-corrected chi connectivity index (χ2v) is 6.32. The normalized spacial score (nSPS) is 10.3. The highest BCUT2D eigenvalue weighted by Gasteiger charge is 2.18. The van der Waals surface area contributed by atoms with Crippen LogP contribution in [0.25, 0.3) is 0 Å². The van der Waals surface area contributed by atoms with Gasteiger partial charge in [0.2, 0.25) is 0 Å². The molecule has 1 aromatic heterocycles. The van der Waals surface area contributed by atoms with Gasteiger partial charge in [-0.3, -0.25) is 19.7 Å². The van der Waals surface area contributed by atoms with Gasteiger partial charge in [-0.25, -0.2) is 0 Å². The first-order valence-electron chi connectivity index (χ1n) is 8.57. The molecule has 0 bridgehead atoms. The van der Waals surface area contributed by atoms with Gasteiger partial charge in [0.05, 0.1) is 16.7 Å². The van der Waals surface area contributed by atoms with Crippen molar-refractivity contribution in [2.45, 2.75) is 0 Å². The number of furan rings is 1. The summed E-state index contributed by atoms with van der Waals surface area (Å²) < 4.78 is 5.03. The molecule has 9 nitrogen and oxygen atoms in total. The van der Waals surface area contributed by atoms with E-state index in [0.717, 1.165) is 0 Å². The number of amides is 2. The molecule has 0 aliphatic rings. The molecule has 0 radical (unpaired) electrons. The van der Waals surface area contributed by atoms with Crippen LogP contribution in [-0.2, 0) is 0 Å². The van der Waals surface area contributed by atoms with E-state index in [4.69, 9.17) is 4.42 Å². The average Bonchev–Trinajstić information content (AvgIpc) is 3.24. The van der Waals surface area contributed by atoms with Gasteiger partial charge in [0.15, 0.2) is 5.76 Å². The minimum Gasteiger partial charge on any atom is -0.459 e. The van der Waals surface area contributed by atoms with Crippen LogP contribution in [0.1, 0.15) is 20.9 Å². The maximum Gasteiger partial charge on any atom is 0.291 e. The van der Waals surface area contributed by atoms with E-state index >= 15 is 0 Å². The van der Waals surface area contributed by atoms with Crippen molar-refractivity contribution in [3.05, 3.63) is 82.3 Å². The van der Waals surface area contributed by atoms with Gasteiger partial charge in [0.25, 0.3) is 17.5 Å². The molecule has 0 saturated carbocycles. The van der Waals surface area contributed by atoms with Crippen LogP contribution >= 0.6 is 0 Å². The summed E-state index contributed by atoms with van der Waals surface area (Å²) in [7, 11) is 3.49. The van der Waals surface area contributed by atoms with Crippen molar-refractivity contribution in [2.75, 3.05) is 29.6 Å². The number of benzene rings is 2. The third-order valence-electron chi connectivity index (χ3n) is 4.06. The summed E-state index contributed by atoms with van der Waals surface area (Å²) in [6, 6.07) is 13.7. The lowest BCUT2D eigenvalue weighted by Crippen LogP contribution is -2.19. The molecule has 3 rings (SSSR count). The van der Waals surface area contributed by atoms with Gasteiger partial charge >= 0.3 is 0 Å². The number of nitrogens with one attached hydrogen (secondary N) is 2. The standard InChI is InChI=1S/C20H18N4O5/c1-23(2)17-10-9-15(24(27)28)12-16(17)19(25)21-13-5-7-14(8-6-13)22-20(26)18-4-3-11-29-18/h3-12H,1-2H3,(H,21,25)(H,22,26). The lowest BCUT2D eigenvalue weighted by molar-refractivity contribution is -0.384. The summed E-state index contributed by atoms with van der Waals surface area (Å²) in [4.78, 5) is 36.9. The summed E-state index contributed by atoms with van der Waals surface area (Å²) in [5.41, 5.74) is 1.56.